The summed E-state index contributed by atoms with van der Waals surface area (Å²) in [4.78, 5) is 0. The van der Waals surface area contributed by atoms with Crippen LogP contribution in [0.2, 0.25) is 0 Å². The third kappa shape index (κ3) is 2.27. The van der Waals surface area contributed by atoms with Gasteiger partial charge in [0.05, 0.1) is 0 Å². The first kappa shape index (κ1) is 12.0. The molecule has 1 aliphatic rings. The monoisotopic (exact) mass is 360 g/mol. The quantitative estimate of drug-likeness (QED) is 0.624. The SMILES string of the molecule is CC(C)(C)C1Cc2c[c-]ccc2C1.[Re]. The number of benzene rings is 1. The summed E-state index contributed by atoms with van der Waals surface area (Å²) in [5.41, 5.74) is 3.50. The van der Waals surface area contributed by atoms with Crippen LogP contribution in [0.4, 0.5) is 0 Å². The fourth-order valence-corrected chi connectivity index (χ4v) is 2.10. The molecular formula is C13H17Re-. The summed E-state index contributed by atoms with van der Waals surface area (Å²) in [5, 5.41) is 0. The average molecular weight is 359 g/mol. The number of fused-ring (bicyclic) bond motifs is 1. The van der Waals surface area contributed by atoms with E-state index in [2.05, 4.69) is 39.0 Å². The first-order valence-electron chi connectivity index (χ1n) is 5.05. The Hall–Kier alpha value is -0.118. The number of hydrogen-bond acceptors (Lipinski definition) is 0. The summed E-state index contributed by atoms with van der Waals surface area (Å²) in [6, 6.07) is 9.57. The molecule has 0 nitrogen and oxygen atoms in total. The van der Waals surface area contributed by atoms with Crippen LogP contribution in [0.3, 0.4) is 0 Å². The fraction of sp³-hybridized carbons (Fsp3) is 0.538. The first-order valence-corrected chi connectivity index (χ1v) is 5.05. The Kier molecular flexibility index (Phi) is 3.56. The number of hydrogen-bond donors (Lipinski definition) is 0. The molecule has 1 aromatic carbocycles. The Morgan fingerprint density at radius 3 is 2.43 bits per heavy atom. The van der Waals surface area contributed by atoms with Crippen LogP contribution in [0, 0.1) is 17.4 Å². The molecule has 2 rings (SSSR count). The van der Waals surface area contributed by atoms with Gasteiger partial charge in [-0.1, -0.05) is 27.2 Å². The average Bonchev–Trinajstić information content (AvgIpc) is 2.45. The zero-order chi connectivity index (χ0) is 9.47. The molecular weight excluding hydrogens is 342 g/mol. The van der Waals surface area contributed by atoms with Crippen molar-refractivity contribution < 1.29 is 20.4 Å². The van der Waals surface area contributed by atoms with Gasteiger partial charge in [-0.3, -0.25) is 0 Å². The summed E-state index contributed by atoms with van der Waals surface area (Å²) >= 11 is 0. The Balaban J connectivity index is 0.000000980. The van der Waals surface area contributed by atoms with Crippen molar-refractivity contribution in [2.75, 3.05) is 0 Å². The van der Waals surface area contributed by atoms with Crippen molar-refractivity contribution in [1.29, 1.82) is 0 Å². The van der Waals surface area contributed by atoms with E-state index >= 15 is 0 Å². The summed E-state index contributed by atoms with van der Waals surface area (Å²) in [6.45, 7) is 7.02. The summed E-state index contributed by atoms with van der Waals surface area (Å²) in [5.74, 6) is 0.818. The van der Waals surface area contributed by atoms with Gasteiger partial charge in [0.25, 0.3) is 0 Å². The Bertz CT molecular complexity index is 284. The molecule has 1 aliphatic carbocycles. The minimum atomic E-state index is 0. The Morgan fingerprint density at radius 1 is 1.21 bits per heavy atom. The molecule has 1 unspecified atom stereocenters. The molecule has 1 heteroatoms. The van der Waals surface area contributed by atoms with Crippen molar-refractivity contribution in [3.8, 4) is 0 Å². The maximum absolute atomic E-state index is 3.16. The van der Waals surface area contributed by atoms with Crippen LogP contribution < -0.4 is 0 Å². The van der Waals surface area contributed by atoms with E-state index in [1.807, 2.05) is 6.07 Å². The van der Waals surface area contributed by atoms with E-state index in [-0.39, 0.29) is 20.4 Å². The van der Waals surface area contributed by atoms with Crippen molar-refractivity contribution in [3.05, 3.63) is 35.4 Å². The predicted molar refractivity (Wildman–Crippen MR) is 55.6 cm³/mol. The molecule has 1 atom stereocenters. The van der Waals surface area contributed by atoms with Crippen LogP contribution in [0.25, 0.3) is 0 Å². The maximum Gasteiger partial charge on any atom is 0 e. The van der Waals surface area contributed by atoms with Gasteiger partial charge in [0.15, 0.2) is 0 Å². The molecule has 0 N–H and O–H groups in total. The molecule has 1 aromatic rings. The van der Waals surface area contributed by atoms with Crippen LogP contribution in [-0.4, -0.2) is 0 Å². The minimum Gasteiger partial charge on any atom is -0.184 e. The second-order valence-corrected chi connectivity index (χ2v) is 5.17. The van der Waals surface area contributed by atoms with Crippen LogP contribution in [0.5, 0.6) is 0 Å². The zero-order valence-electron chi connectivity index (χ0n) is 9.10. The first-order chi connectivity index (χ1) is 6.07. The normalized spacial score (nSPS) is 20.1. The van der Waals surface area contributed by atoms with Crippen LogP contribution in [0.1, 0.15) is 31.9 Å². The van der Waals surface area contributed by atoms with Crippen molar-refractivity contribution in [2.45, 2.75) is 33.6 Å². The summed E-state index contributed by atoms with van der Waals surface area (Å²) in [7, 11) is 0. The molecule has 0 spiro atoms. The largest absolute Gasteiger partial charge is 0.184 e. The molecule has 0 aliphatic heterocycles. The maximum atomic E-state index is 3.16. The molecule has 0 bridgehead atoms. The van der Waals surface area contributed by atoms with E-state index in [9.17, 15) is 0 Å². The second kappa shape index (κ2) is 4.17. The summed E-state index contributed by atoms with van der Waals surface area (Å²) in [6.07, 6.45) is 2.50. The number of rotatable bonds is 0. The van der Waals surface area contributed by atoms with Crippen molar-refractivity contribution in [1.82, 2.24) is 0 Å². The molecule has 0 saturated carbocycles. The zero-order valence-corrected chi connectivity index (χ0v) is 11.8. The molecule has 0 heterocycles. The van der Waals surface area contributed by atoms with E-state index in [0.29, 0.717) is 5.41 Å². The van der Waals surface area contributed by atoms with E-state index in [1.54, 1.807) is 5.56 Å². The van der Waals surface area contributed by atoms with Gasteiger partial charge in [0.1, 0.15) is 0 Å². The predicted octanol–water partition coefficient (Wildman–Crippen LogP) is 3.25. The topological polar surface area (TPSA) is 0 Å². The molecule has 1 radical (unpaired) electrons. The molecule has 77 valence electrons. The van der Waals surface area contributed by atoms with Crippen LogP contribution >= 0.6 is 0 Å². The molecule has 14 heavy (non-hydrogen) atoms. The van der Waals surface area contributed by atoms with Gasteiger partial charge >= 0.3 is 0 Å². The molecule has 0 fully saturated rings. The van der Waals surface area contributed by atoms with Crippen LogP contribution in [-0.2, 0) is 33.3 Å². The molecule has 0 aromatic heterocycles. The van der Waals surface area contributed by atoms with Crippen molar-refractivity contribution in [2.24, 2.45) is 11.3 Å². The van der Waals surface area contributed by atoms with E-state index in [0.717, 1.165) is 5.92 Å². The van der Waals surface area contributed by atoms with E-state index in [4.69, 9.17) is 0 Å². The summed E-state index contributed by atoms with van der Waals surface area (Å²) < 4.78 is 0. The van der Waals surface area contributed by atoms with Crippen molar-refractivity contribution in [3.63, 3.8) is 0 Å². The van der Waals surface area contributed by atoms with Gasteiger partial charge < -0.3 is 0 Å². The van der Waals surface area contributed by atoms with Crippen molar-refractivity contribution >= 4 is 0 Å². The standard InChI is InChI=1S/C13H17.Re/c1-13(2,3)12-8-10-6-4-5-7-11(10)9-12;/h4,6-7,12H,8-9H2,1-3H3;/q-1;. The molecule has 0 saturated heterocycles. The minimum absolute atomic E-state index is 0. The van der Waals surface area contributed by atoms with Gasteiger partial charge in [-0.2, -0.15) is 35.4 Å². The van der Waals surface area contributed by atoms with Gasteiger partial charge in [-0.05, 0) is 17.8 Å². The third-order valence-electron chi connectivity index (χ3n) is 3.21. The van der Waals surface area contributed by atoms with Gasteiger partial charge in [0.2, 0.25) is 0 Å². The van der Waals surface area contributed by atoms with Gasteiger partial charge in [0, 0.05) is 20.4 Å². The Morgan fingerprint density at radius 2 is 1.86 bits per heavy atom. The third-order valence-corrected chi connectivity index (χ3v) is 3.21. The van der Waals surface area contributed by atoms with Gasteiger partial charge in [-0.25, -0.2) is 0 Å². The molecule has 0 amide bonds. The second-order valence-electron chi connectivity index (χ2n) is 5.17. The smallest absolute Gasteiger partial charge is 0 e. The van der Waals surface area contributed by atoms with Gasteiger partial charge in [-0.15, -0.1) is 0 Å². The van der Waals surface area contributed by atoms with Crippen LogP contribution in [0.15, 0.2) is 18.2 Å². The Labute approximate surface area is 101 Å². The van der Waals surface area contributed by atoms with E-state index < -0.39 is 0 Å². The van der Waals surface area contributed by atoms with E-state index in [1.165, 1.54) is 18.4 Å². The fourth-order valence-electron chi connectivity index (χ4n) is 2.10.